The number of nitrogens with one attached hydrogen (secondary N) is 1. The van der Waals surface area contributed by atoms with Gasteiger partial charge >= 0.3 is 0 Å². The molecular weight excluding hydrogens is 286 g/mol. The van der Waals surface area contributed by atoms with E-state index in [2.05, 4.69) is 9.82 Å². The van der Waals surface area contributed by atoms with Gasteiger partial charge in [-0.3, -0.25) is 4.72 Å². The zero-order valence-electron chi connectivity index (χ0n) is 10.8. The Kier molecular flexibility index (Phi) is 3.56. The summed E-state index contributed by atoms with van der Waals surface area (Å²) >= 11 is 6.09. The Balaban J connectivity index is 2.35. The summed E-state index contributed by atoms with van der Waals surface area (Å²) in [6.07, 6.45) is 1.11. The summed E-state index contributed by atoms with van der Waals surface area (Å²) in [5, 5.41) is 4.97. The quantitative estimate of drug-likeness (QED) is 0.947. The zero-order chi connectivity index (χ0) is 14.2. The van der Waals surface area contributed by atoms with E-state index in [1.807, 2.05) is 13.8 Å². The summed E-state index contributed by atoms with van der Waals surface area (Å²) in [5.74, 6) is 0. The SMILES string of the molecule is Cc1nn(-c2ccc(NS(C)(=O)=O)cc2)c(C)c1Cl. The molecule has 0 fully saturated rings. The van der Waals surface area contributed by atoms with E-state index >= 15 is 0 Å². The standard InChI is InChI=1S/C12H14ClN3O2S/c1-8-12(13)9(2)16(14-8)11-6-4-10(5-7-11)15-19(3,17)18/h4-7,15H,1-3H3. The summed E-state index contributed by atoms with van der Waals surface area (Å²) in [6.45, 7) is 3.72. The molecule has 0 aliphatic heterocycles. The van der Waals surface area contributed by atoms with Crippen LogP contribution in [0.2, 0.25) is 5.02 Å². The van der Waals surface area contributed by atoms with Crippen molar-refractivity contribution in [2.45, 2.75) is 13.8 Å². The first-order chi connectivity index (χ1) is 8.78. The third kappa shape index (κ3) is 3.08. The highest BCUT2D eigenvalue weighted by atomic mass is 35.5. The minimum atomic E-state index is -3.26. The number of aryl methyl sites for hydroxylation is 1. The summed E-state index contributed by atoms with van der Waals surface area (Å²) in [5.41, 5.74) is 2.95. The Morgan fingerprint density at radius 1 is 1.21 bits per heavy atom. The molecular formula is C12H14ClN3O2S. The van der Waals surface area contributed by atoms with Crippen LogP contribution in [0.15, 0.2) is 24.3 Å². The lowest BCUT2D eigenvalue weighted by atomic mass is 10.3. The fourth-order valence-electron chi connectivity index (χ4n) is 1.76. The van der Waals surface area contributed by atoms with Gasteiger partial charge in [0.15, 0.2) is 0 Å². The van der Waals surface area contributed by atoms with Crippen LogP contribution < -0.4 is 4.72 Å². The van der Waals surface area contributed by atoms with Crippen molar-refractivity contribution in [3.05, 3.63) is 40.7 Å². The molecule has 7 heteroatoms. The van der Waals surface area contributed by atoms with Crippen LogP contribution >= 0.6 is 11.6 Å². The van der Waals surface area contributed by atoms with Gasteiger partial charge in [0.2, 0.25) is 10.0 Å². The molecule has 102 valence electrons. The molecule has 0 radical (unpaired) electrons. The summed E-state index contributed by atoms with van der Waals surface area (Å²) in [6, 6.07) is 6.92. The molecule has 0 saturated heterocycles. The monoisotopic (exact) mass is 299 g/mol. The molecule has 2 rings (SSSR count). The molecule has 19 heavy (non-hydrogen) atoms. The first-order valence-corrected chi connectivity index (χ1v) is 7.85. The lowest BCUT2D eigenvalue weighted by molar-refractivity contribution is 0.607. The summed E-state index contributed by atoms with van der Waals surface area (Å²) in [4.78, 5) is 0. The van der Waals surface area contributed by atoms with Crippen LogP contribution in [-0.4, -0.2) is 24.5 Å². The molecule has 1 aromatic heterocycles. The number of nitrogens with zero attached hydrogens (tertiary/aromatic N) is 2. The second-order valence-corrected chi connectivity index (χ2v) is 6.44. The second-order valence-electron chi connectivity index (χ2n) is 4.32. The second kappa shape index (κ2) is 4.86. The average Bonchev–Trinajstić information content (AvgIpc) is 2.56. The van der Waals surface area contributed by atoms with E-state index in [4.69, 9.17) is 11.6 Å². The highest BCUT2D eigenvalue weighted by Crippen LogP contribution is 2.23. The molecule has 1 N–H and O–H groups in total. The Bertz CT molecular complexity index is 705. The number of halogens is 1. The highest BCUT2D eigenvalue weighted by Gasteiger charge is 2.10. The Hall–Kier alpha value is -1.53. The third-order valence-electron chi connectivity index (χ3n) is 2.62. The molecule has 0 aliphatic carbocycles. The maximum atomic E-state index is 11.1. The van der Waals surface area contributed by atoms with E-state index in [1.165, 1.54) is 0 Å². The van der Waals surface area contributed by atoms with Crippen molar-refractivity contribution in [3.63, 3.8) is 0 Å². The van der Waals surface area contributed by atoms with Crippen molar-refractivity contribution in [2.24, 2.45) is 0 Å². The minimum absolute atomic E-state index is 0.513. The lowest BCUT2D eigenvalue weighted by Gasteiger charge is -2.07. The number of benzene rings is 1. The van der Waals surface area contributed by atoms with E-state index < -0.39 is 10.0 Å². The van der Waals surface area contributed by atoms with Crippen molar-refractivity contribution in [2.75, 3.05) is 11.0 Å². The Morgan fingerprint density at radius 3 is 2.21 bits per heavy atom. The topological polar surface area (TPSA) is 64.0 Å². The molecule has 0 aliphatic rings. The normalized spacial score (nSPS) is 11.6. The van der Waals surface area contributed by atoms with Gasteiger partial charge in [0, 0.05) is 5.69 Å². The fourth-order valence-corrected chi connectivity index (χ4v) is 2.44. The predicted octanol–water partition coefficient (Wildman–Crippen LogP) is 2.51. The van der Waals surface area contributed by atoms with Crippen LogP contribution in [0.3, 0.4) is 0 Å². The molecule has 0 saturated carbocycles. The van der Waals surface area contributed by atoms with E-state index in [0.29, 0.717) is 10.7 Å². The number of hydrogen-bond acceptors (Lipinski definition) is 3. The van der Waals surface area contributed by atoms with Crippen LogP contribution in [0.4, 0.5) is 5.69 Å². The molecule has 0 spiro atoms. The first-order valence-electron chi connectivity index (χ1n) is 5.58. The number of anilines is 1. The van der Waals surface area contributed by atoms with Crippen LogP contribution in [0, 0.1) is 13.8 Å². The van der Waals surface area contributed by atoms with Crippen molar-refractivity contribution in [3.8, 4) is 5.69 Å². The Labute approximate surface area is 117 Å². The van der Waals surface area contributed by atoms with Crippen LogP contribution in [-0.2, 0) is 10.0 Å². The van der Waals surface area contributed by atoms with Gasteiger partial charge in [-0.05, 0) is 38.1 Å². The average molecular weight is 300 g/mol. The molecule has 0 unspecified atom stereocenters. The van der Waals surface area contributed by atoms with Gasteiger partial charge in [-0.1, -0.05) is 11.6 Å². The highest BCUT2D eigenvalue weighted by molar-refractivity contribution is 7.92. The van der Waals surface area contributed by atoms with Crippen molar-refractivity contribution >= 4 is 27.3 Å². The molecule has 0 amide bonds. The molecule has 0 bridgehead atoms. The summed E-state index contributed by atoms with van der Waals surface area (Å²) in [7, 11) is -3.26. The van der Waals surface area contributed by atoms with Crippen LogP contribution in [0.5, 0.6) is 0 Å². The van der Waals surface area contributed by atoms with Gasteiger partial charge in [0.05, 0.1) is 28.4 Å². The van der Waals surface area contributed by atoms with Crippen LogP contribution in [0.1, 0.15) is 11.4 Å². The first kappa shape index (κ1) is 13.9. The molecule has 1 heterocycles. The van der Waals surface area contributed by atoms with Gasteiger partial charge < -0.3 is 0 Å². The summed E-state index contributed by atoms with van der Waals surface area (Å²) < 4.78 is 26.4. The third-order valence-corrected chi connectivity index (χ3v) is 3.77. The van der Waals surface area contributed by atoms with Gasteiger partial charge in [-0.2, -0.15) is 5.10 Å². The smallest absolute Gasteiger partial charge is 0.229 e. The predicted molar refractivity (Wildman–Crippen MR) is 76.5 cm³/mol. The van der Waals surface area contributed by atoms with E-state index in [9.17, 15) is 8.42 Å². The van der Waals surface area contributed by atoms with Gasteiger partial charge in [-0.25, -0.2) is 13.1 Å². The zero-order valence-corrected chi connectivity index (χ0v) is 12.4. The fraction of sp³-hybridized carbons (Fsp3) is 0.250. The molecule has 5 nitrogen and oxygen atoms in total. The van der Waals surface area contributed by atoms with E-state index in [-0.39, 0.29) is 0 Å². The molecule has 1 aromatic carbocycles. The van der Waals surface area contributed by atoms with Crippen molar-refractivity contribution in [1.29, 1.82) is 0 Å². The lowest BCUT2D eigenvalue weighted by Crippen LogP contribution is -2.09. The molecule has 2 aromatic rings. The van der Waals surface area contributed by atoms with Crippen molar-refractivity contribution < 1.29 is 8.42 Å². The van der Waals surface area contributed by atoms with Gasteiger partial charge in [0.1, 0.15) is 0 Å². The van der Waals surface area contributed by atoms with Gasteiger partial charge in [0.25, 0.3) is 0 Å². The number of aromatic nitrogens is 2. The Morgan fingerprint density at radius 2 is 1.79 bits per heavy atom. The molecule has 0 atom stereocenters. The van der Waals surface area contributed by atoms with E-state index in [1.54, 1.807) is 28.9 Å². The largest absolute Gasteiger partial charge is 0.284 e. The maximum Gasteiger partial charge on any atom is 0.229 e. The maximum absolute atomic E-state index is 11.1. The number of rotatable bonds is 3. The van der Waals surface area contributed by atoms with Crippen molar-refractivity contribution in [1.82, 2.24) is 9.78 Å². The number of hydrogen-bond donors (Lipinski definition) is 1. The van der Waals surface area contributed by atoms with Gasteiger partial charge in [-0.15, -0.1) is 0 Å². The van der Waals surface area contributed by atoms with E-state index in [0.717, 1.165) is 23.3 Å². The minimum Gasteiger partial charge on any atom is -0.284 e. The van der Waals surface area contributed by atoms with Crippen LogP contribution in [0.25, 0.3) is 5.69 Å². The number of sulfonamides is 1.